The van der Waals surface area contributed by atoms with E-state index in [-0.39, 0.29) is 5.91 Å². The number of fused-ring (bicyclic) bond motifs is 1. The maximum atomic E-state index is 10.9. The van der Waals surface area contributed by atoms with E-state index >= 15 is 0 Å². The number of hydrogen-bond acceptors (Lipinski definition) is 2. The Morgan fingerprint density at radius 1 is 1.24 bits per heavy atom. The number of carboxylic acid groups (broad SMARTS) is 1. The summed E-state index contributed by atoms with van der Waals surface area (Å²) in [5.41, 5.74) is 1.63. The lowest BCUT2D eigenvalue weighted by Crippen LogP contribution is -2.21. The zero-order valence-corrected chi connectivity index (χ0v) is 8.23. The molecule has 0 aromatic heterocycles. The van der Waals surface area contributed by atoms with Crippen LogP contribution in [0, 0.1) is 0 Å². The fourth-order valence-corrected chi connectivity index (χ4v) is 1.00. The summed E-state index contributed by atoms with van der Waals surface area (Å²) in [4.78, 5) is 23.4. The second-order valence-corrected chi connectivity index (χ2v) is 2.95. The average molecular weight is 245 g/mol. The average Bonchev–Trinajstić information content (AvgIpc) is 2.61. The molecule has 0 unspecified atom stereocenters. The lowest BCUT2D eigenvalue weighted by atomic mass is 10.1. The molecule has 0 saturated carbocycles. The van der Waals surface area contributed by atoms with Gasteiger partial charge in [0.1, 0.15) is 0 Å². The highest BCUT2D eigenvalue weighted by Gasteiger charge is 2.38. The van der Waals surface area contributed by atoms with Crippen LogP contribution in [-0.2, 0) is 4.79 Å². The van der Waals surface area contributed by atoms with E-state index in [0.717, 1.165) is 5.56 Å². The number of alkyl halides is 3. The number of hydrogen-bond donors (Lipinski definition) is 1. The zero-order valence-electron chi connectivity index (χ0n) is 8.23. The molecule has 0 saturated heterocycles. The standard InChI is InChI=1S/C8H5NO.C2HF3O2/c10-8-7-4-2-1-3-6(7)5-9-8;3-2(4,5)1(6)7/h1-5H;(H,6,7). The van der Waals surface area contributed by atoms with Gasteiger partial charge in [-0.1, -0.05) is 18.2 Å². The van der Waals surface area contributed by atoms with Crippen molar-refractivity contribution in [1.29, 1.82) is 0 Å². The Hall–Kier alpha value is -2.18. The molecule has 1 aromatic carbocycles. The van der Waals surface area contributed by atoms with Crippen molar-refractivity contribution in [1.82, 2.24) is 0 Å². The van der Waals surface area contributed by atoms with E-state index in [2.05, 4.69) is 4.99 Å². The Bertz CT molecular complexity index is 480. The number of benzene rings is 1. The lowest BCUT2D eigenvalue weighted by Gasteiger charge is -1.93. The summed E-state index contributed by atoms with van der Waals surface area (Å²) in [6, 6.07) is 7.39. The highest BCUT2D eigenvalue weighted by atomic mass is 19.4. The monoisotopic (exact) mass is 245 g/mol. The van der Waals surface area contributed by atoms with Crippen LogP contribution in [0.1, 0.15) is 15.9 Å². The first kappa shape index (κ1) is 12.9. The van der Waals surface area contributed by atoms with Crippen LogP contribution in [-0.4, -0.2) is 29.4 Å². The van der Waals surface area contributed by atoms with Gasteiger partial charge in [-0.3, -0.25) is 4.79 Å². The highest BCUT2D eigenvalue weighted by Crippen LogP contribution is 2.13. The first-order chi connectivity index (χ1) is 7.82. The molecule has 1 N–H and O–H groups in total. The van der Waals surface area contributed by atoms with Crippen LogP contribution in [0.2, 0.25) is 0 Å². The number of carbonyl (C=O) groups excluding carboxylic acids is 1. The number of aliphatic imine (C=N–C) groups is 1. The quantitative estimate of drug-likeness (QED) is 0.758. The molecule has 90 valence electrons. The van der Waals surface area contributed by atoms with Crippen molar-refractivity contribution < 1.29 is 27.9 Å². The molecule has 1 aliphatic heterocycles. The molecular formula is C10H6F3NO3. The normalized spacial score (nSPS) is 12.8. The number of carbonyl (C=O) groups is 2. The van der Waals surface area contributed by atoms with Crippen molar-refractivity contribution in [3.63, 3.8) is 0 Å². The first-order valence-corrected chi connectivity index (χ1v) is 4.30. The summed E-state index contributed by atoms with van der Waals surface area (Å²) >= 11 is 0. The van der Waals surface area contributed by atoms with Crippen molar-refractivity contribution in [2.75, 3.05) is 0 Å². The number of carboxylic acids is 1. The van der Waals surface area contributed by atoms with Gasteiger partial charge < -0.3 is 5.11 Å². The minimum absolute atomic E-state index is 0.129. The van der Waals surface area contributed by atoms with E-state index in [1.54, 1.807) is 12.3 Å². The van der Waals surface area contributed by atoms with Gasteiger partial charge >= 0.3 is 12.1 Å². The molecule has 0 bridgehead atoms. The maximum Gasteiger partial charge on any atom is 0.490 e. The first-order valence-electron chi connectivity index (χ1n) is 4.30. The van der Waals surface area contributed by atoms with E-state index < -0.39 is 12.1 Å². The molecule has 0 spiro atoms. The van der Waals surface area contributed by atoms with Gasteiger partial charge in [-0.2, -0.15) is 13.2 Å². The molecule has 1 heterocycles. The van der Waals surface area contributed by atoms with Gasteiger partial charge in [-0.25, -0.2) is 9.79 Å². The molecule has 1 aliphatic rings. The van der Waals surface area contributed by atoms with Crippen LogP contribution in [0.4, 0.5) is 13.2 Å². The molecule has 7 heteroatoms. The van der Waals surface area contributed by atoms with Crippen LogP contribution >= 0.6 is 0 Å². The predicted octanol–water partition coefficient (Wildman–Crippen LogP) is 1.89. The van der Waals surface area contributed by atoms with Crippen molar-refractivity contribution in [2.45, 2.75) is 6.18 Å². The molecule has 0 radical (unpaired) electrons. The van der Waals surface area contributed by atoms with Crippen LogP contribution < -0.4 is 0 Å². The fourth-order valence-electron chi connectivity index (χ4n) is 1.00. The Balaban J connectivity index is 0.000000185. The predicted molar refractivity (Wildman–Crippen MR) is 52.1 cm³/mol. The molecule has 0 fully saturated rings. The zero-order chi connectivity index (χ0) is 13.1. The van der Waals surface area contributed by atoms with Crippen molar-refractivity contribution >= 4 is 18.1 Å². The maximum absolute atomic E-state index is 10.9. The van der Waals surface area contributed by atoms with Gasteiger partial charge in [0.2, 0.25) is 0 Å². The molecule has 1 aromatic rings. The molecule has 17 heavy (non-hydrogen) atoms. The number of halogens is 3. The fraction of sp³-hybridized carbons (Fsp3) is 0.100. The number of rotatable bonds is 0. The Kier molecular flexibility index (Phi) is 3.62. The smallest absolute Gasteiger partial charge is 0.475 e. The summed E-state index contributed by atoms with van der Waals surface area (Å²) < 4.78 is 31.7. The van der Waals surface area contributed by atoms with Gasteiger partial charge in [0.15, 0.2) is 0 Å². The van der Waals surface area contributed by atoms with E-state index in [4.69, 9.17) is 9.90 Å². The minimum atomic E-state index is -5.08. The van der Waals surface area contributed by atoms with E-state index in [1.165, 1.54) is 0 Å². The Morgan fingerprint density at radius 3 is 2.24 bits per heavy atom. The van der Waals surface area contributed by atoms with Crippen molar-refractivity contribution in [2.24, 2.45) is 4.99 Å². The van der Waals surface area contributed by atoms with Gasteiger partial charge in [0, 0.05) is 11.8 Å². The van der Waals surface area contributed by atoms with E-state index in [9.17, 15) is 18.0 Å². The summed E-state index contributed by atoms with van der Waals surface area (Å²) in [7, 11) is 0. The Labute approximate surface area is 93.4 Å². The minimum Gasteiger partial charge on any atom is -0.475 e. The third kappa shape index (κ3) is 3.40. The number of nitrogens with zero attached hydrogens (tertiary/aromatic N) is 1. The second kappa shape index (κ2) is 4.77. The Morgan fingerprint density at radius 2 is 1.76 bits per heavy atom. The molecule has 0 aliphatic carbocycles. The van der Waals surface area contributed by atoms with Crippen molar-refractivity contribution in [3.05, 3.63) is 35.4 Å². The third-order valence-corrected chi connectivity index (χ3v) is 1.75. The van der Waals surface area contributed by atoms with Crippen molar-refractivity contribution in [3.8, 4) is 0 Å². The highest BCUT2D eigenvalue weighted by molar-refractivity contribution is 6.12. The lowest BCUT2D eigenvalue weighted by molar-refractivity contribution is -0.192. The van der Waals surface area contributed by atoms with Gasteiger partial charge in [-0.15, -0.1) is 0 Å². The number of amides is 1. The van der Waals surface area contributed by atoms with Crippen LogP contribution in [0.3, 0.4) is 0 Å². The van der Waals surface area contributed by atoms with Gasteiger partial charge in [0.25, 0.3) is 5.91 Å². The van der Waals surface area contributed by atoms with E-state index in [1.807, 2.05) is 18.2 Å². The summed E-state index contributed by atoms with van der Waals surface area (Å²) in [6.07, 6.45) is -3.49. The molecule has 0 atom stereocenters. The summed E-state index contributed by atoms with van der Waals surface area (Å²) in [6.45, 7) is 0. The third-order valence-electron chi connectivity index (χ3n) is 1.75. The second-order valence-electron chi connectivity index (χ2n) is 2.95. The topological polar surface area (TPSA) is 66.7 Å². The van der Waals surface area contributed by atoms with Crippen LogP contribution in [0.5, 0.6) is 0 Å². The summed E-state index contributed by atoms with van der Waals surface area (Å²) in [5.74, 6) is -2.89. The molecule has 2 rings (SSSR count). The summed E-state index contributed by atoms with van der Waals surface area (Å²) in [5, 5.41) is 7.12. The van der Waals surface area contributed by atoms with Crippen LogP contribution in [0.15, 0.2) is 29.3 Å². The molecule has 1 amide bonds. The van der Waals surface area contributed by atoms with E-state index in [0.29, 0.717) is 5.56 Å². The largest absolute Gasteiger partial charge is 0.490 e. The molecular weight excluding hydrogens is 239 g/mol. The van der Waals surface area contributed by atoms with Gasteiger partial charge in [0.05, 0.1) is 5.56 Å². The SMILES string of the molecule is O=C(O)C(F)(F)F.O=C1N=Cc2ccccc21. The molecule has 4 nitrogen and oxygen atoms in total. The number of aliphatic carboxylic acids is 1. The van der Waals surface area contributed by atoms with Crippen LogP contribution in [0.25, 0.3) is 0 Å². The van der Waals surface area contributed by atoms with Gasteiger partial charge in [-0.05, 0) is 6.07 Å².